The molecule has 1 aromatic heterocycles. The van der Waals surface area contributed by atoms with Crippen LogP contribution in [0.2, 0.25) is 0 Å². The molecule has 20 heavy (non-hydrogen) atoms. The first kappa shape index (κ1) is 14.7. The van der Waals surface area contributed by atoms with Crippen LogP contribution in [0.1, 0.15) is 16.9 Å². The Hall–Kier alpha value is -1.75. The van der Waals surface area contributed by atoms with Gasteiger partial charge < -0.3 is 14.5 Å². The molecule has 0 bridgehead atoms. The van der Waals surface area contributed by atoms with E-state index < -0.39 is 0 Å². The van der Waals surface area contributed by atoms with Gasteiger partial charge in [-0.05, 0) is 42.3 Å². The van der Waals surface area contributed by atoms with Crippen molar-refractivity contribution in [1.29, 1.82) is 0 Å². The molecule has 0 saturated heterocycles. The number of rotatable bonds is 5. The predicted octanol–water partition coefficient (Wildman–Crippen LogP) is 3.22. The quantitative estimate of drug-likeness (QED) is 0.911. The maximum Gasteiger partial charge on any atom is 0.227 e. The highest BCUT2D eigenvalue weighted by atomic mass is 79.9. The topological polar surface area (TPSA) is 51.5 Å². The van der Waals surface area contributed by atoms with E-state index in [-0.39, 0.29) is 12.3 Å². The van der Waals surface area contributed by atoms with Crippen molar-refractivity contribution in [1.82, 2.24) is 5.32 Å². The van der Waals surface area contributed by atoms with Crippen LogP contribution in [0.25, 0.3) is 0 Å². The summed E-state index contributed by atoms with van der Waals surface area (Å²) in [7, 11) is 1.61. The van der Waals surface area contributed by atoms with E-state index in [0.717, 1.165) is 21.3 Å². The van der Waals surface area contributed by atoms with Gasteiger partial charge in [0, 0.05) is 11.0 Å². The van der Waals surface area contributed by atoms with Gasteiger partial charge in [-0.15, -0.1) is 0 Å². The number of hydrogen-bond acceptors (Lipinski definition) is 3. The van der Waals surface area contributed by atoms with Gasteiger partial charge in [0.1, 0.15) is 11.5 Å². The molecular weight excluding hydrogens is 322 g/mol. The number of halogens is 1. The van der Waals surface area contributed by atoms with Crippen molar-refractivity contribution in [3.63, 3.8) is 0 Å². The summed E-state index contributed by atoms with van der Waals surface area (Å²) in [5.74, 6) is 1.39. The number of benzene rings is 1. The van der Waals surface area contributed by atoms with E-state index in [1.165, 1.54) is 0 Å². The van der Waals surface area contributed by atoms with Gasteiger partial charge >= 0.3 is 0 Å². The van der Waals surface area contributed by atoms with Crippen molar-refractivity contribution in [2.45, 2.75) is 19.9 Å². The summed E-state index contributed by atoms with van der Waals surface area (Å²) in [5, 5.41) is 2.87. The van der Waals surface area contributed by atoms with Crippen LogP contribution in [-0.4, -0.2) is 13.0 Å². The monoisotopic (exact) mass is 337 g/mol. The Bertz CT molecular complexity index is 607. The van der Waals surface area contributed by atoms with Crippen LogP contribution in [-0.2, 0) is 17.8 Å². The molecule has 4 nitrogen and oxygen atoms in total. The Kier molecular flexibility index (Phi) is 4.84. The van der Waals surface area contributed by atoms with Crippen molar-refractivity contribution < 1.29 is 13.9 Å². The standard InChI is InChI=1S/C15H16BrNO3/c1-10-3-4-20-14(10)8-15(18)17-9-11-5-12(16)7-13(6-11)19-2/h3-7H,8-9H2,1-2H3,(H,17,18). The van der Waals surface area contributed by atoms with Crippen LogP contribution < -0.4 is 10.1 Å². The van der Waals surface area contributed by atoms with E-state index in [9.17, 15) is 4.79 Å². The van der Waals surface area contributed by atoms with E-state index in [1.807, 2.05) is 31.2 Å². The first-order valence-electron chi connectivity index (χ1n) is 6.21. The molecule has 0 spiro atoms. The van der Waals surface area contributed by atoms with E-state index in [0.29, 0.717) is 12.3 Å². The van der Waals surface area contributed by atoms with E-state index in [2.05, 4.69) is 21.2 Å². The van der Waals surface area contributed by atoms with Gasteiger partial charge in [-0.25, -0.2) is 0 Å². The number of amides is 1. The smallest absolute Gasteiger partial charge is 0.227 e. The molecule has 0 fully saturated rings. The third-order valence-corrected chi connectivity index (χ3v) is 3.40. The maximum absolute atomic E-state index is 11.9. The molecule has 1 amide bonds. The van der Waals surface area contributed by atoms with Crippen molar-refractivity contribution >= 4 is 21.8 Å². The summed E-state index contributed by atoms with van der Waals surface area (Å²) >= 11 is 3.41. The molecule has 0 unspecified atom stereocenters. The molecule has 1 heterocycles. The molecule has 106 valence electrons. The zero-order chi connectivity index (χ0) is 14.5. The average molecular weight is 338 g/mol. The Labute approximate surface area is 126 Å². The minimum absolute atomic E-state index is 0.0676. The van der Waals surface area contributed by atoms with Gasteiger partial charge in [-0.1, -0.05) is 15.9 Å². The van der Waals surface area contributed by atoms with Crippen LogP contribution in [0.5, 0.6) is 5.75 Å². The Balaban J connectivity index is 1.93. The molecule has 0 aliphatic rings. The normalized spacial score (nSPS) is 10.3. The maximum atomic E-state index is 11.9. The summed E-state index contributed by atoms with van der Waals surface area (Å²) in [4.78, 5) is 11.9. The van der Waals surface area contributed by atoms with Gasteiger partial charge in [-0.3, -0.25) is 4.79 Å². The highest BCUT2D eigenvalue weighted by Gasteiger charge is 2.09. The van der Waals surface area contributed by atoms with Crippen molar-refractivity contribution in [3.8, 4) is 5.75 Å². The number of furan rings is 1. The molecule has 0 atom stereocenters. The lowest BCUT2D eigenvalue weighted by Crippen LogP contribution is -2.24. The molecular formula is C15H16BrNO3. The summed E-state index contributed by atoms with van der Waals surface area (Å²) in [6, 6.07) is 7.56. The van der Waals surface area contributed by atoms with E-state index in [1.54, 1.807) is 13.4 Å². The lowest BCUT2D eigenvalue weighted by Gasteiger charge is -2.08. The van der Waals surface area contributed by atoms with Crippen LogP contribution in [0.3, 0.4) is 0 Å². The Morgan fingerprint density at radius 1 is 1.40 bits per heavy atom. The van der Waals surface area contributed by atoms with Crippen LogP contribution >= 0.6 is 15.9 Å². The fourth-order valence-corrected chi connectivity index (χ4v) is 2.35. The lowest BCUT2D eigenvalue weighted by atomic mass is 10.2. The fourth-order valence-electron chi connectivity index (χ4n) is 1.83. The summed E-state index contributed by atoms with van der Waals surface area (Å²) in [6.45, 7) is 2.37. The van der Waals surface area contributed by atoms with Gasteiger partial charge in [-0.2, -0.15) is 0 Å². The SMILES string of the molecule is COc1cc(Br)cc(CNC(=O)Cc2occc2C)c1. The number of aryl methyl sites for hydroxylation is 1. The molecule has 0 aliphatic heterocycles. The molecule has 1 N–H and O–H groups in total. The van der Waals surface area contributed by atoms with Gasteiger partial charge in [0.2, 0.25) is 5.91 Å². The molecule has 5 heteroatoms. The van der Waals surface area contributed by atoms with Crippen LogP contribution in [0, 0.1) is 6.92 Å². The molecule has 1 aromatic carbocycles. The Morgan fingerprint density at radius 2 is 2.20 bits per heavy atom. The number of carbonyl (C=O) groups excluding carboxylic acids is 1. The van der Waals surface area contributed by atoms with Gasteiger partial charge in [0.15, 0.2) is 0 Å². The fraction of sp³-hybridized carbons (Fsp3) is 0.267. The zero-order valence-corrected chi connectivity index (χ0v) is 13.0. The highest BCUT2D eigenvalue weighted by molar-refractivity contribution is 9.10. The molecule has 2 rings (SSSR count). The highest BCUT2D eigenvalue weighted by Crippen LogP contribution is 2.21. The van der Waals surface area contributed by atoms with Crippen molar-refractivity contribution in [3.05, 3.63) is 51.9 Å². The number of carbonyl (C=O) groups is 1. The third-order valence-electron chi connectivity index (χ3n) is 2.95. The second kappa shape index (κ2) is 6.61. The van der Waals surface area contributed by atoms with Crippen LogP contribution in [0.15, 0.2) is 39.4 Å². The van der Waals surface area contributed by atoms with Crippen LogP contribution in [0.4, 0.5) is 0 Å². The number of ether oxygens (including phenoxy) is 1. The second-order valence-electron chi connectivity index (χ2n) is 4.48. The number of methoxy groups -OCH3 is 1. The zero-order valence-electron chi connectivity index (χ0n) is 11.4. The minimum atomic E-state index is -0.0676. The minimum Gasteiger partial charge on any atom is -0.497 e. The summed E-state index contributed by atoms with van der Waals surface area (Å²) < 4.78 is 11.4. The lowest BCUT2D eigenvalue weighted by molar-refractivity contribution is -0.120. The van der Waals surface area contributed by atoms with Gasteiger partial charge in [0.05, 0.1) is 19.8 Å². The van der Waals surface area contributed by atoms with Crippen molar-refractivity contribution in [2.75, 3.05) is 7.11 Å². The number of hydrogen-bond donors (Lipinski definition) is 1. The molecule has 2 aromatic rings. The second-order valence-corrected chi connectivity index (χ2v) is 5.40. The largest absolute Gasteiger partial charge is 0.497 e. The van der Waals surface area contributed by atoms with E-state index >= 15 is 0 Å². The predicted molar refractivity (Wildman–Crippen MR) is 79.7 cm³/mol. The van der Waals surface area contributed by atoms with Gasteiger partial charge in [0.25, 0.3) is 0 Å². The summed E-state index contributed by atoms with van der Waals surface area (Å²) in [5.41, 5.74) is 1.96. The molecule has 0 saturated carbocycles. The van der Waals surface area contributed by atoms with E-state index in [4.69, 9.17) is 9.15 Å². The first-order chi connectivity index (χ1) is 9.58. The molecule has 0 radical (unpaired) electrons. The third kappa shape index (κ3) is 3.87. The first-order valence-corrected chi connectivity index (χ1v) is 7.01. The Morgan fingerprint density at radius 3 is 2.85 bits per heavy atom. The summed E-state index contributed by atoms with van der Waals surface area (Å²) in [6.07, 6.45) is 1.85. The molecule has 0 aliphatic carbocycles. The average Bonchev–Trinajstić information content (AvgIpc) is 2.81. The van der Waals surface area contributed by atoms with Crippen molar-refractivity contribution in [2.24, 2.45) is 0 Å². The number of nitrogens with one attached hydrogen (secondary N) is 1.